The average Bonchev–Trinajstić information content (AvgIpc) is 2.88. The number of hydrogen-bond acceptors (Lipinski definition) is 5. The fraction of sp³-hybridized carbons (Fsp3) is 0.444. The van der Waals surface area contributed by atoms with E-state index in [2.05, 4.69) is 25.3 Å². The third-order valence-corrected chi connectivity index (χ3v) is 2.75. The number of nitrogens with one attached hydrogen (secondary N) is 2. The van der Waals surface area contributed by atoms with Crippen molar-refractivity contribution in [3.05, 3.63) is 12.2 Å². The van der Waals surface area contributed by atoms with Gasteiger partial charge in [-0.2, -0.15) is 0 Å². The molecule has 1 atom stereocenters. The average molecular weight is 204 g/mol. The van der Waals surface area contributed by atoms with Crippen LogP contribution in [-0.2, 0) is 0 Å². The molecule has 6 heteroatoms. The molecule has 3 heterocycles. The van der Waals surface area contributed by atoms with E-state index in [4.69, 9.17) is 5.73 Å². The molecule has 0 aliphatic carbocycles. The molecular formula is C9H12N6. The van der Waals surface area contributed by atoms with Crippen molar-refractivity contribution in [3.63, 3.8) is 0 Å². The molecule has 1 aliphatic heterocycles. The normalized spacial score (nSPS) is 21.2. The Morgan fingerprint density at radius 1 is 1.40 bits per heavy atom. The van der Waals surface area contributed by atoms with Gasteiger partial charge in [-0.25, -0.2) is 15.0 Å². The fourth-order valence-electron chi connectivity index (χ4n) is 1.93. The summed E-state index contributed by atoms with van der Waals surface area (Å²) >= 11 is 0. The van der Waals surface area contributed by atoms with Crippen molar-refractivity contribution in [1.29, 1.82) is 0 Å². The third-order valence-electron chi connectivity index (χ3n) is 2.75. The second-order valence-electron chi connectivity index (χ2n) is 3.76. The molecule has 0 bridgehead atoms. The van der Waals surface area contributed by atoms with Gasteiger partial charge in [-0.1, -0.05) is 0 Å². The van der Waals surface area contributed by atoms with Gasteiger partial charge in [-0.3, -0.25) is 0 Å². The van der Waals surface area contributed by atoms with Crippen molar-refractivity contribution in [3.8, 4) is 0 Å². The highest BCUT2D eigenvalue weighted by molar-refractivity contribution is 5.80. The molecule has 1 aliphatic rings. The fourth-order valence-corrected chi connectivity index (χ4v) is 1.93. The molecule has 1 saturated heterocycles. The smallest absolute Gasteiger partial charge is 0.163 e. The Labute approximate surface area is 86.3 Å². The largest absolute Gasteiger partial charge is 0.382 e. The standard InChI is InChI=1S/C9H12N6/c10-7-6-9(13-4-12-6)15-8(14-7)5-1-2-11-3-5/h4-5,11H,1-3H2,(H3,10,12,13,14,15). The van der Waals surface area contributed by atoms with Crippen molar-refractivity contribution in [1.82, 2.24) is 25.3 Å². The van der Waals surface area contributed by atoms with E-state index in [9.17, 15) is 0 Å². The van der Waals surface area contributed by atoms with Gasteiger partial charge in [-0.05, 0) is 13.0 Å². The number of nitrogen functional groups attached to an aromatic ring is 1. The van der Waals surface area contributed by atoms with Gasteiger partial charge in [0.2, 0.25) is 0 Å². The van der Waals surface area contributed by atoms with E-state index >= 15 is 0 Å². The van der Waals surface area contributed by atoms with Crippen molar-refractivity contribution in [2.75, 3.05) is 18.8 Å². The zero-order valence-electron chi connectivity index (χ0n) is 8.20. The molecule has 2 aromatic heterocycles. The van der Waals surface area contributed by atoms with Crippen LogP contribution in [0, 0.1) is 0 Å². The number of H-pyrrole nitrogens is 1. The van der Waals surface area contributed by atoms with Gasteiger partial charge in [0.15, 0.2) is 11.5 Å². The monoisotopic (exact) mass is 204 g/mol. The maximum Gasteiger partial charge on any atom is 0.163 e. The van der Waals surface area contributed by atoms with E-state index in [1.54, 1.807) is 6.33 Å². The number of nitrogens with two attached hydrogens (primary N) is 1. The Hall–Kier alpha value is -1.69. The molecular weight excluding hydrogens is 192 g/mol. The van der Waals surface area contributed by atoms with Crippen LogP contribution in [0.15, 0.2) is 6.33 Å². The summed E-state index contributed by atoms with van der Waals surface area (Å²) in [5.41, 5.74) is 7.20. The molecule has 0 saturated carbocycles. The lowest BCUT2D eigenvalue weighted by Gasteiger charge is -2.06. The Kier molecular flexibility index (Phi) is 1.81. The molecule has 1 fully saturated rings. The Balaban J connectivity index is 2.11. The van der Waals surface area contributed by atoms with Crippen LogP contribution in [0.25, 0.3) is 11.2 Å². The first-order valence-electron chi connectivity index (χ1n) is 5.02. The molecule has 6 nitrogen and oxygen atoms in total. The van der Waals surface area contributed by atoms with Crippen LogP contribution in [0.1, 0.15) is 18.2 Å². The highest BCUT2D eigenvalue weighted by atomic mass is 15.1. The van der Waals surface area contributed by atoms with Crippen LogP contribution in [0.4, 0.5) is 5.82 Å². The number of anilines is 1. The Bertz CT molecular complexity index is 484. The summed E-state index contributed by atoms with van der Waals surface area (Å²) in [5, 5.41) is 3.29. The van der Waals surface area contributed by atoms with Crippen LogP contribution >= 0.6 is 0 Å². The number of aromatic amines is 1. The van der Waals surface area contributed by atoms with Crippen LogP contribution in [-0.4, -0.2) is 33.0 Å². The first-order valence-corrected chi connectivity index (χ1v) is 5.02. The number of hydrogen-bond donors (Lipinski definition) is 3. The van der Waals surface area contributed by atoms with E-state index in [0.29, 0.717) is 17.3 Å². The predicted octanol–water partition coefficient (Wildman–Crippen LogP) is 0.0120. The Morgan fingerprint density at radius 2 is 2.33 bits per heavy atom. The van der Waals surface area contributed by atoms with Crippen LogP contribution in [0.5, 0.6) is 0 Å². The summed E-state index contributed by atoms with van der Waals surface area (Å²) in [6.45, 7) is 1.95. The summed E-state index contributed by atoms with van der Waals surface area (Å²) in [5.74, 6) is 1.65. The maximum atomic E-state index is 5.82. The summed E-state index contributed by atoms with van der Waals surface area (Å²) < 4.78 is 0. The van der Waals surface area contributed by atoms with E-state index < -0.39 is 0 Å². The van der Waals surface area contributed by atoms with E-state index in [1.807, 2.05) is 0 Å². The lowest BCUT2D eigenvalue weighted by atomic mass is 10.1. The zero-order valence-corrected chi connectivity index (χ0v) is 8.20. The first kappa shape index (κ1) is 8.60. The van der Waals surface area contributed by atoms with E-state index in [-0.39, 0.29) is 0 Å². The van der Waals surface area contributed by atoms with Crippen molar-refractivity contribution < 1.29 is 0 Å². The van der Waals surface area contributed by atoms with Gasteiger partial charge in [-0.15, -0.1) is 0 Å². The summed E-state index contributed by atoms with van der Waals surface area (Å²) in [6.07, 6.45) is 2.66. The molecule has 0 radical (unpaired) electrons. The van der Waals surface area contributed by atoms with Gasteiger partial charge >= 0.3 is 0 Å². The molecule has 0 aromatic carbocycles. The molecule has 2 aromatic rings. The second-order valence-corrected chi connectivity index (χ2v) is 3.76. The summed E-state index contributed by atoms with van der Waals surface area (Å²) in [4.78, 5) is 15.8. The topological polar surface area (TPSA) is 92.5 Å². The summed E-state index contributed by atoms with van der Waals surface area (Å²) in [7, 11) is 0. The minimum Gasteiger partial charge on any atom is -0.382 e. The van der Waals surface area contributed by atoms with Crippen LogP contribution in [0.3, 0.4) is 0 Å². The number of nitrogens with zero attached hydrogens (tertiary/aromatic N) is 3. The van der Waals surface area contributed by atoms with Crippen LogP contribution in [0.2, 0.25) is 0 Å². The van der Waals surface area contributed by atoms with Crippen molar-refractivity contribution in [2.45, 2.75) is 12.3 Å². The SMILES string of the molecule is Nc1nc(C2CCNC2)nc2[nH]cnc12. The van der Waals surface area contributed by atoms with Crippen molar-refractivity contribution >= 4 is 17.0 Å². The molecule has 0 spiro atoms. The number of imidazole rings is 1. The van der Waals surface area contributed by atoms with Crippen molar-refractivity contribution in [2.24, 2.45) is 0 Å². The number of fused-ring (bicyclic) bond motifs is 1. The first-order chi connectivity index (χ1) is 7.34. The molecule has 4 N–H and O–H groups in total. The van der Waals surface area contributed by atoms with Gasteiger partial charge in [0.1, 0.15) is 11.3 Å². The van der Waals surface area contributed by atoms with Gasteiger partial charge in [0.25, 0.3) is 0 Å². The second kappa shape index (κ2) is 3.16. The van der Waals surface area contributed by atoms with Gasteiger partial charge in [0.05, 0.1) is 6.33 Å². The lowest BCUT2D eigenvalue weighted by Crippen LogP contribution is -2.11. The predicted molar refractivity (Wildman–Crippen MR) is 56.3 cm³/mol. The van der Waals surface area contributed by atoms with Crippen LogP contribution < -0.4 is 11.1 Å². The van der Waals surface area contributed by atoms with E-state index in [0.717, 1.165) is 31.0 Å². The maximum absolute atomic E-state index is 5.82. The molecule has 1 unspecified atom stereocenters. The number of aromatic nitrogens is 4. The number of rotatable bonds is 1. The molecule has 78 valence electrons. The molecule has 0 amide bonds. The highest BCUT2D eigenvalue weighted by Gasteiger charge is 2.20. The minimum absolute atomic E-state index is 0.375. The zero-order chi connectivity index (χ0) is 10.3. The van der Waals surface area contributed by atoms with E-state index in [1.165, 1.54) is 0 Å². The Morgan fingerprint density at radius 3 is 3.13 bits per heavy atom. The third kappa shape index (κ3) is 1.33. The quantitative estimate of drug-likeness (QED) is 0.608. The molecule has 15 heavy (non-hydrogen) atoms. The lowest BCUT2D eigenvalue weighted by molar-refractivity contribution is 0.708. The highest BCUT2D eigenvalue weighted by Crippen LogP contribution is 2.22. The van der Waals surface area contributed by atoms with Gasteiger partial charge in [0, 0.05) is 12.5 Å². The minimum atomic E-state index is 0.375. The summed E-state index contributed by atoms with van der Waals surface area (Å²) in [6, 6.07) is 0. The molecule has 3 rings (SSSR count). The van der Waals surface area contributed by atoms with Gasteiger partial charge < -0.3 is 16.0 Å².